The Labute approximate surface area is 95.8 Å². The number of aryl methyl sites for hydroxylation is 1. The van der Waals surface area contributed by atoms with Crippen LogP contribution in [-0.2, 0) is 11.2 Å². The van der Waals surface area contributed by atoms with Crippen LogP contribution in [0, 0.1) is 6.92 Å². The van der Waals surface area contributed by atoms with E-state index in [0.29, 0.717) is 6.42 Å². The molecule has 0 fully saturated rings. The van der Waals surface area contributed by atoms with Crippen LogP contribution in [0.15, 0.2) is 12.1 Å². The van der Waals surface area contributed by atoms with Gasteiger partial charge in [-0.3, -0.25) is 4.79 Å². The van der Waals surface area contributed by atoms with E-state index in [9.17, 15) is 4.79 Å². The Kier molecular flexibility index (Phi) is 2.41. The molecule has 1 aliphatic rings. The highest BCUT2D eigenvalue weighted by atomic mass is 16.5. The standard InChI is InChI=1S/C13H17NO2/c1-8-5-6-10(16-4)12-9(8)7-11(15)13(2,3)14-12/h5-6,14H,7H2,1-4H3. The maximum absolute atomic E-state index is 11.9. The van der Waals surface area contributed by atoms with Gasteiger partial charge in [-0.2, -0.15) is 0 Å². The van der Waals surface area contributed by atoms with Crippen LogP contribution in [0.2, 0.25) is 0 Å². The van der Waals surface area contributed by atoms with Crippen molar-refractivity contribution in [3.05, 3.63) is 23.3 Å². The molecule has 0 unspecified atom stereocenters. The van der Waals surface area contributed by atoms with E-state index in [-0.39, 0.29) is 5.78 Å². The SMILES string of the molecule is COc1ccc(C)c2c1NC(C)(C)C(=O)C2. The molecule has 16 heavy (non-hydrogen) atoms. The molecule has 1 aliphatic heterocycles. The van der Waals surface area contributed by atoms with Crippen molar-refractivity contribution >= 4 is 11.5 Å². The number of carbonyl (C=O) groups is 1. The fraction of sp³-hybridized carbons (Fsp3) is 0.462. The number of ether oxygens (including phenoxy) is 1. The molecule has 3 heteroatoms. The Morgan fingerprint density at radius 3 is 2.69 bits per heavy atom. The Hall–Kier alpha value is -1.51. The van der Waals surface area contributed by atoms with Crippen molar-refractivity contribution in [2.24, 2.45) is 0 Å². The molecule has 0 spiro atoms. The maximum Gasteiger partial charge on any atom is 0.162 e. The molecular formula is C13H17NO2. The number of hydrogen-bond donors (Lipinski definition) is 1. The van der Waals surface area contributed by atoms with Gasteiger partial charge in [0.15, 0.2) is 5.78 Å². The van der Waals surface area contributed by atoms with Gasteiger partial charge in [0.2, 0.25) is 0 Å². The molecule has 0 saturated carbocycles. The summed E-state index contributed by atoms with van der Waals surface area (Å²) in [6.45, 7) is 5.83. The Morgan fingerprint density at radius 2 is 2.06 bits per heavy atom. The predicted octanol–water partition coefficient (Wildman–Crippen LogP) is 2.32. The highest BCUT2D eigenvalue weighted by Crippen LogP contribution is 2.37. The molecule has 0 aliphatic carbocycles. The zero-order valence-electron chi connectivity index (χ0n) is 10.2. The van der Waals surface area contributed by atoms with Crippen LogP contribution >= 0.6 is 0 Å². The van der Waals surface area contributed by atoms with Crippen molar-refractivity contribution in [2.75, 3.05) is 12.4 Å². The fourth-order valence-corrected chi connectivity index (χ4v) is 2.03. The van der Waals surface area contributed by atoms with E-state index < -0.39 is 5.54 Å². The van der Waals surface area contributed by atoms with Gasteiger partial charge >= 0.3 is 0 Å². The first-order chi connectivity index (χ1) is 7.45. The summed E-state index contributed by atoms with van der Waals surface area (Å²) in [5, 5.41) is 3.27. The monoisotopic (exact) mass is 219 g/mol. The molecule has 1 aromatic carbocycles. The van der Waals surface area contributed by atoms with Crippen molar-refractivity contribution in [1.29, 1.82) is 0 Å². The lowest BCUT2D eigenvalue weighted by molar-refractivity contribution is -0.122. The number of methoxy groups -OCH3 is 1. The van der Waals surface area contributed by atoms with Crippen molar-refractivity contribution < 1.29 is 9.53 Å². The third-order valence-electron chi connectivity index (χ3n) is 3.20. The number of ketones is 1. The van der Waals surface area contributed by atoms with Crippen LogP contribution in [-0.4, -0.2) is 18.4 Å². The van der Waals surface area contributed by atoms with Gasteiger partial charge in [-0.15, -0.1) is 0 Å². The quantitative estimate of drug-likeness (QED) is 0.787. The van der Waals surface area contributed by atoms with Crippen LogP contribution in [0.25, 0.3) is 0 Å². The summed E-state index contributed by atoms with van der Waals surface area (Å²) >= 11 is 0. The van der Waals surface area contributed by atoms with Gasteiger partial charge in [0.25, 0.3) is 0 Å². The second-order valence-corrected chi connectivity index (χ2v) is 4.79. The molecule has 0 amide bonds. The smallest absolute Gasteiger partial charge is 0.162 e. The van der Waals surface area contributed by atoms with Crippen LogP contribution < -0.4 is 10.1 Å². The summed E-state index contributed by atoms with van der Waals surface area (Å²) in [6, 6.07) is 3.93. The van der Waals surface area contributed by atoms with Gasteiger partial charge in [-0.1, -0.05) is 6.07 Å². The molecule has 3 nitrogen and oxygen atoms in total. The van der Waals surface area contributed by atoms with Gasteiger partial charge < -0.3 is 10.1 Å². The molecule has 1 N–H and O–H groups in total. The van der Waals surface area contributed by atoms with Crippen molar-refractivity contribution in [3.8, 4) is 5.75 Å². The lowest BCUT2D eigenvalue weighted by atomic mass is 9.86. The van der Waals surface area contributed by atoms with E-state index in [1.165, 1.54) is 0 Å². The van der Waals surface area contributed by atoms with Gasteiger partial charge in [-0.25, -0.2) is 0 Å². The van der Waals surface area contributed by atoms with E-state index in [1.807, 2.05) is 32.9 Å². The highest BCUT2D eigenvalue weighted by Gasteiger charge is 2.34. The van der Waals surface area contributed by atoms with Crippen molar-refractivity contribution in [1.82, 2.24) is 0 Å². The maximum atomic E-state index is 11.9. The van der Waals surface area contributed by atoms with E-state index in [0.717, 1.165) is 22.6 Å². The molecule has 0 radical (unpaired) electrons. The second kappa shape index (κ2) is 3.51. The molecule has 0 atom stereocenters. The summed E-state index contributed by atoms with van der Waals surface area (Å²) in [4.78, 5) is 11.9. The van der Waals surface area contributed by atoms with E-state index >= 15 is 0 Å². The van der Waals surface area contributed by atoms with Crippen LogP contribution in [0.3, 0.4) is 0 Å². The lowest BCUT2D eigenvalue weighted by Gasteiger charge is -2.33. The zero-order chi connectivity index (χ0) is 11.9. The molecule has 1 heterocycles. The Morgan fingerprint density at radius 1 is 1.38 bits per heavy atom. The molecule has 0 saturated heterocycles. The van der Waals surface area contributed by atoms with E-state index in [4.69, 9.17) is 4.74 Å². The van der Waals surface area contributed by atoms with Crippen molar-refractivity contribution in [3.63, 3.8) is 0 Å². The van der Waals surface area contributed by atoms with Crippen molar-refractivity contribution in [2.45, 2.75) is 32.7 Å². The molecule has 1 aromatic rings. The third-order valence-corrected chi connectivity index (χ3v) is 3.20. The normalized spacial score (nSPS) is 17.6. The molecule has 86 valence electrons. The highest BCUT2D eigenvalue weighted by molar-refractivity contribution is 5.97. The molecule has 0 bridgehead atoms. The first-order valence-electron chi connectivity index (χ1n) is 5.43. The first-order valence-corrected chi connectivity index (χ1v) is 5.43. The van der Waals surface area contributed by atoms with Crippen LogP contribution in [0.4, 0.5) is 5.69 Å². The summed E-state index contributed by atoms with van der Waals surface area (Å²) in [5.74, 6) is 1.03. The van der Waals surface area contributed by atoms with Crippen LogP contribution in [0.1, 0.15) is 25.0 Å². The molecule has 0 aromatic heterocycles. The largest absolute Gasteiger partial charge is 0.495 e. The predicted molar refractivity (Wildman–Crippen MR) is 64.1 cm³/mol. The minimum Gasteiger partial charge on any atom is -0.495 e. The summed E-state index contributed by atoms with van der Waals surface area (Å²) in [5.41, 5.74) is 2.65. The number of carbonyl (C=O) groups excluding carboxylic acids is 1. The van der Waals surface area contributed by atoms with E-state index in [2.05, 4.69) is 5.32 Å². The number of benzene rings is 1. The van der Waals surface area contributed by atoms with Gasteiger partial charge in [0.1, 0.15) is 5.75 Å². The van der Waals surface area contributed by atoms with Gasteiger partial charge in [-0.05, 0) is 38.0 Å². The van der Waals surface area contributed by atoms with Gasteiger partial charge in [0, 0.05) is 6.42 Å². The Balaban J connectivity index is 2.58. The lowest BCUT2D eigenvalue weighted by Crippen LogP contribution is -2.45. The number of fused-ring (bicyclic) bond motifs is 1. The van der Waals surface area contributed by atoms with E-state index in [1.54, 1.807) is 7.11 Å². The zero-order valence-corrected chi connectivity index (χ0v) is 10.2. The van der Waals surface area contributed by atoms with Gasteiger partial charge in [0.05, 0.1) is 18.3 Å². The summed E-state index contributed by atoms with van der Waals surface area (Å²) in [6.07, 6.45) is 0.484. The minimum absolute atomic E-state index is 0.219. The summed E-state index contributed by atoms with van der Waals surface area (Å²) in [7, 11) is 1.65. The van der Waals surface area contributed by atoms with Crippen LogP contribution in [0.5, 0.6) is 5.75 Å². The second-order valence-electron chi connectivity index (χ2n) is 4.79. The number of anilines is 1. The first kappa shape index (κ1) is 11.0. The summed E-state index contributed by atoms with van der Waals surface area (Å²) < 4.78 is 5.32. The number of nitrogens with one attached hydrogen (secondary N) is 1. The molecule has 2 rings (SSSR count). The third kappa shape index (κ3) is 1.56. The number of hydrogen-bond acceptors (Lipinski definition) is 3. The Bertz CT molecular complexity index is 449. The number of Topliss-reactive ketones (excluding diaryl/α,β-unsaturated/α-hetero) is 1. The number of rotatable bonds is 1. The minimum atomic E-state index is -0.506. The average molecular weight is 219 g/mol. The topological polar surface area (TPSA) is 38.3 Å². The average Bonchev–Trinajstić information content (AvgIpc) is 2.21. The molecular weight excluding hydrogens is 202 g/mol. The fourth-order valence-electron chi connectivity index (χ4n) is 2.03.